The van der Waals surface area contributed by atoms with Crippen molar-refractivity contribution in [3.8, 4) is 10.4 Å². The van der Waals surface area contributed by atoms with Crippen LogP contribution < -0.4 is 10.6 Å². The summed E-state index contributed by atoms with van der Waals surface area (Å²) < 4.78 is 0. The second-order valence-electron chi connectivity index (χ2n) is 6.79. The molecule has 0 aliphatic carbocycles. The Balaban J connectivity index is 1.61. The average molecular weight is 408 g/mol. The van der Waals surface area contributed by atoms with E-state index in [1.54, 1.807) is 13.2 Å². The second kappa shape index (κ2) is 9.98. The zero-order valence-electron chi connectivity index (χ0n) is 16.7. The fourth-order valence-corrected chi connectivity index (χ4v) is 3.81. The molecule has 5 nitrogen and oxygen atoms in total. The molecule has 3 aromatic rings. The van der Waals surface area contributed by atoms with E-state index < -0.39 is 0 Å². The van der Waals surface area contributed by atoms with E-state index in [-0.39, 0.29) is 11.8 Å². The molecule has 1 heterocycles. The zero-order valence-corrected chi connectivity index (χ0v) is 17.5. The van der Waals surface area contributed by atoms with Crippen LogP contribution >= 0.6 is 11.3 Å². The van der Waals surface area contributed by atoms with Crippen LogP contribution in [0.5, 0.6) is 0 Å². The molecule has 0 spiro atoms. The van der Waals surface area contributed by atoms with Crippen molar-refractivity contribution in [2.75, 3.05) is 12.4 Å². The van der Waals surface area contributed by atoms with E-state index in [0.717, 1.165) is 22.5 Å². The molecule has 0 unspecified atom stereocenters. The molecule has 2 N–H and O–H groups in total. The molecule has 0 radical (unpaired) electrons. The lowest BCUT2D eigenvalue weighted by atomic mass is 10.1. The van der Waals surface area contributed by atoms with Crippen LogP contribution in [0.25, 0.3) is 10.4 Å². The predicted octanol–water partition coefficient (Wildman–Crippen LogP) is 5.15. The van der Waals surface area contributed by atoms with Crippen molar-refractivity contribution in [2.45, 2.75) is 32.6 Å². The number of carbonyl (C=O) groups is 2. The van der Waals surface area contributed by atoms with Gasteiger partial charge in [-0.3, -0.25) is 9.59 Å². The van der Waals surface area contributed by atoms with Gasteiger partial charge in [-0.25, -0.2) is 4.98 Å². The molecule has 2 amide bonds. The molecule has 0 aliphatic rings. The van der Waals surface area contributed by atoms with Crippen LogP contribution in [0.1, 0.15) is 51.9 Å². The fraction of sp³-hybridized carbons (Fsp3) is 0.261. The highest BCUT2D eigenvalue weighted by Gasteiger charge is 2.11. The van der Waals surface area contributed by atoms with Crippen molar-refractivity contribution < 1.29 is 9.59 Å². The van der Waals surface area contributed by atoms with E-state index in [1.165, 1.54) is 36.2 Å². The predicted molar refractivity (Wildman–Crippen MR) is 119 cm³/mol. The highest BCUT2D eigenvalue weighted by molar-refractivity contribution is 7.16. The van der Waals surface area contributed by atoms with Crippen LogP contribution in [0.15, 0.2) is 54.7 Å². The number of nitrogens with one attached hydrogen (secondary N) is 2. The maximum absolute atomic E-state index is 12.5. The molecule has 0 aliphatic heterocycles. The number of carbonyl (C=O) groups excluding carboxylic acids is 2. The summed E-state index contributed by atoms with van der Waals surface area (Å²) in [5.41, 5.74) is 3.58. The molecule has 0 saturated carbocycles. The Morgan fingerprint density at radius 2 is 1.69 bits per heavy atom. The third kappa shape index (κ3) is 5.51. The summed E-state index contributed by atoms with van der Waals surface area (Å²) in [5.74, 6) is -0.320. The SMILES string of the molecule is CCCCCc1ccc(C(=O)Nc2ccc(-c3cnc(C(=O)NC)s3)cc2)cc1. The van der Waals surface area contributed by atoms with Gasteiger partial charge in [0.25, 0.3) is 11.8 Å². The molecule has 0 atom stereocenters. The highest BCUT2D eigenvalue weighted by atomic mass is 32.1. The highest BCUT2D eigenvalue weighted by Crippen LogP contribution is 2.27. The summed E-state index contributed by atoms with van der Waals surface area (Å²) in [7, 11) is 1.58. The van der Waals surface area contributed by atoms with E-state index in [4.69, 9.17) is 0 Å². The number of aromatic nitrogens is 1. The normalized spacial score (nSPS) is 10.6. The number of hydrogen-bond acceptors (Lipinski definition) is 4. The summed E-state index contributed by atoms with van der Waals surface area (Å²) in [6.45, 7) is 2.19. The van der Waals surface area contributed by atoms with E-state index in [9.17, 15) is 9.59 Å². The lowest BCUT2D eigenvalue weighted by molar-refractivity contribution is 0.0961. The lowest BCUT2D eigenvalue weighted by Gasteiger charge is -2.07. The largest absolute Gasteiger partial charge is 0.353 e. The van der Waals surface area contributed by atoms with Gasteiger partial charge < -0.3 is 10.6 Å². The van der Waals surface area contributed by atoms with Crippen LogP contribution in [-0.2, 0) is 6.42 Å². The van der Waals surface area contributed by atoms with Crippen molar-refractivity contribution in [1.82, 2.24) is 10.3 Å². The summed E-state index contributed by atoms with van der Waals surface area (Å²) in [6, 6.07) is 15.3. The minimum atomic E-state index is -0.193. The number of benzene rings is 2. The summed E-state index contributed by atoms with van der Waals surface area (Å²) in [4.78, 5) is 29.2. The lowest BCUT2D eigenvalue weighted by Crippen LogP contribution is -2.17. The number of anilines is 1. The van der Waals surface area contributed by atoms with Crippen LogP contribution in [0.2, 0.25) is 0 Å². The van der Waals surface area contributed by atoms with Gasteiger partial charge in [-0.15, -0.1) is 11.3 Å². The number of amides is 2. The van der Waals surface area contributed by atoms with E-state index in [2.05, 4.69) is 22.5 Å². The van der Waals surface area contributed by atoms with Crippen LogP contribution in [0, 0.1) is 0 Å². The molecule has 0 saturated heterocycles. The fourth-order valence-electron chi connectivity index (χ4n) is 2.94. The maximum atomic E-state index is 12.5. The Hall–Kier alpha value is -2.99. The average Bonchev–Trinajstić information content (AvgIpc) is 3.24. The Morgan fingerprint density at radius 1 is 0.966 bits per heavy atom. The number of unbranched alkanes of at least 4 members (excludes halogenated alkanes) is 2. The monoisotopic (exact) mass is 407 g/mol. The first-order chi connectivity index (χ1) is 14.1. The van der Waals surface area contributed by atoms with Gasteiger partial charge in [-0.2, -0.15) is 0 Å². The van der Waals surface area contributed by atoms with Gasteiger partial charge in [0.1, 0.15) is 0 Å². The van der Waals surface area contributed by atoms with Crippen molar-refractivity contribution in [1.29, 1.82) is 0 Å². The molecular formula is C23H25N3O2S. The third-order valence-corrected chi connectivity index (χ3v) is 5.68. The Labute approximate surface area is 175 Å². The molecule has 0 fully saturated rings. The minimum Gasteiger partial charge on any atom is -0.353 e. The van der Waals surface area contributed by atoms with Gasteiger partial charge in [-0.05, 0) is 48.2 Å². The van der Waals surface area contributed by atoms with Gasteiger partial charge in [0.15, 0.2) is 5.01 Å². The first-order valence-corrected chi connectivity index (χ1v) is 10.6. The van der Waals surface area contributed by atoms with Crippen molar-refractivity contribution in [2.24, 2.45) is 0 Å². The zero-order chi connectivity index (χ0) is 20.6. The molecule has 6 heteroatoms. The number of aryl methyl sites for hydroxylation is 1. The molecule has 0 bridgehead atoms. The number of hydrogen-bond donors (Lipinski definition) is 2. The van der Waals surface area contributed by atoms with Crippen LogP contribution in [-0.4, -0.2) is 23.8 Å². The van der Waals surface area contributed by atoms with E-state index in [1.807, 2.05) is 48.5 Å². The Kier molecular flexibility index (Phi) is 7.14. The topological polar surface area (TPSA) is 71.1 Å². The van der Waals surface area contributed by atoms with Crippen molar-refractivity contribution >= 4 is 28.8 Å². The minimum absolute atomic E-state index is 0.127. The first kappa shape index (κ1) is 20.7. The standard InChI is InChI=1S/C23H25N3O2S/c1-3-4-5-6-16-7-9-18(10-8-16)21(27)26-19-13-11-17(12-14-19)20-15-25-23(29-20)22(28)24-2/h7-15H,3-6H2,1-2H3,(H,24,28)(H,26,27). The Bertz CT molecular complexity index is 963. The molecular weight excluding hydrogens is 382 g/mol. The summed E-state index contributed by atoms with van der Waals surface area (Å²) in [5, 5.41) is 5.92. The van der Waals surface area contributed by atoms with Gasteiger partial charge in [0, 0.05) is 24.5 Å². The third-order valence-electron chi connectivity index (χ3n) is 4.64. The van der Waals surface area contributed by atoms with Gasteiger partial charge in [-0.1, -0.05) is 44.0 Å². The number of rotatable bonds is 8. The molecule has 3 rings (SSSR count). The molecule has 2 aromatic carbocycles. The van der Waals surface area contributed by atoms with Crippen molar-refractivity contribution in [3.05, 3.63) is 70.9 Å². The van der Waals surface area contributed by atoms with Crippen LogP contribution in [0.3, 0.4) is 0 Å². The molecule has 150 valence electrons. The summed E-state index contributed by atoms with van der Waals surface area (Å²) in [6.07, 6.45) is 6.35. The first-order valence-electron chi connectivity index (χ1n) is 9.79. The summed E-state index contributed by atoms with van der Waals surface area (Å²) >= 11 is 1.33. The quantitative estimate of drug-likeness (QED) is 0.507. The van der Waals surface area contributed by atoms with E-state index in [0.29, 0.717) is 10.6 Å². The smallest absolute Gasteiger partial charge is 0.280 e. The van der Waals surface area contributed by atoms with Crippen LogP contribution in [0.4, 0.5) is 5.69 Å². The van der Waals surface area contributed by atoms with Gasteiger partial charge in [0.2, 0.25) is 0 Å². The van der Waals surface area contributed by atoms with Gasteiger partial charge in [0.05, 0.1) is 4.88 Å². The Morgan fingerprint density at radius 3 is 2.34 bits per heavy atom. The number of nitrogens with zero attached hydrogens (tertiary/aromatic N) is 1. The second-order valence-corrected chi connectivity index (χ2v) is 7.82. The maximum Gasteiger partial charge on any atom is 0.280 e. The molecule has 29 heavy (non-hydrogen) atoms. The van der Waals surface area contributed by atoms with E-state index >= 15 is 0 Å². The number of thiazole rings is 1. The molecule has 1 aromatic heterocycles. The van der Waals surface area contributed by atoms with Crippen molar-refractivity contribution in [3.63, 3.8) is 0 Å². The van der Waals surface area contributed by atoms with Gasteiger partial charge >= 0.3 is 0 Å².